The first kappa shape index (κ1) is 14.5. The quantitative estimate of drug-likeness (QED) is 0.833. The number of rotatable bonds is 5. The molecule has 0 bridgehead atoms. The Labute approximate surface area is 115 Å². The zero-order valence-electron chi connectivity index (χ0n) is 12.1. The first-order valence-corrected chi connectivity index (χ1v) is 7.57. The van der Waals surface area contributed by atoms with Crippen molar-refractivity contribution in [1.82, 2.24) is 9.78 Å². The summed E-state index contributed by atoms with van der Waals surface area (Å²) in [4.78, 5) is 0. The molecule has 1 aromatic rings. The van der Waals surface area contributed by atoms with Gasteiger partial charge in [0, 0.05) is 19.3 Å². The van der Waals surface area contributed by atoms with Gasteiger partial charge in [-0.3, -0.25) is 4.68 Å². The van der Waals surface area contributed by atoms with Crippen LogP contribution in [0, 0.1) is 0 Å². The van der Waals surface area contributed by atoms with Crippen LogP contribution in [0.1, 0.15) is 64.2 Å². The van der Waals surface area contributed by atoms with Crippen LogP contribution in [0.25, 0.3) is 0 Å². The molecule has 0 saturated heterocycles. The highest BCUT2D eigenvalue weighted by Crippen LogP contribution is 2.40. The molecule has 0 aromatic carbocycles. The van der Waals surface area contributed by atoms with Crippen LogP contribution >= 0.6 is 0 Å². The van der Waals surface area contributed by atoms with Crippen LogP contribution in [0.5, 0.6) is 0 Å². The van der Waals surface area contributed by atoms with Gasteiger partial charge in [0.15, 0.2) is 0 Å². The van der Waals surface area contributed by atoms with Gasteiger partial charge in [-0.15, -0.1) is 0 Å². The summed E-state index contributed by atoms with van der Waals surface area (Å²) in [6.45, 7) is 5.49. The zero-order chi connectivity index (χ0) is 13.7. The van der Waals surface area contributed by atoms with Crippen molar-refractivity contribution >= 4 is 0 Å². The van der Waals surface area contributed by atoms with E-state index < -0.39 is 11.7 Å². The summed E-state index contributed by atoms with van der Waals surface area (Å²) in [7, 11) is 0. The topological polar surface area (TPSA) is 47.3 Å². The minimum Gasteiger partial charge on any atom is -0.384 e. The Kier molecular flexibility index (Phi) is 4.99. The molecule has 0 spiro atoms. The average Bonchev–Trinajstić information content (AvgIpc) is 2.77. The lowest BCUT2D eigenvalue weighted by molar-refractivity contribution is -0.133. The van der Waals surface area contributed by atoms with Crippen molar-refractivity contribution in [1.29, 1.82) is 0 Å². The number of hydrogen-bond donors (Lipinski definition) is 1. The molecule has 1 aliphatic carbocycles. The van der Waals surface area contributed by atoms with E-state index in [-0.39, 0.29) is 0 Å². The maximum Gasteiger partial charge on any atom is 0.124 e. The molecule has 1 heterocycles. The fraction of sp³-hybridized carbons (Fsp3) is 0.800. The largest absolute Gasteiger partial charge is 0.384 e. The van der Waals surface area contributed by atoms with E-state index in [0.717, 1.165) is 37.9 Å². The molecule has 2 rings (SSSR count). The van der Waals surface area contributed by atoms with Crippen molar-refractivity contribution in [3.63, 3.8) is 0 Å². The highest BCUT2D eigenvalue weighted by atomic mass is 16.5. The van der Waals surface area contributed by atoms with Crippen molar-refractivity contribution in [2.45, 2.75) is 70.6 Å². The van der Waals surface area contributed by atoms with Gasteiger partial charge >= 0.3 is 0 Å². The van der Waals surface area contributed by atoms with E-state index in [2.05, 4.69) is 5.10 Å². The molecule has 1 aliphatic rings. The maximum absolute atomic E-state index is 10.9. The van der Waals surface area contributed by atoms with Gasteiger partial charge in [-0.1, -0.05) is 25.7 Å². The number of aliphatic hydroxyl groups is 1. The minimum atomic E-state index is -0.576. The number of aliphatic hydroxyl groups excluding tert-OH is 1. The number of ether oxygens (including phenoxy) is 1. The van der Waals surface area contributed by atoms with E-state index in [1.165, 1.54) is 12.8 Å². The standard InChI is InChI=1S/C15H26N2O2/c1-3-17-13(9-12-16-17)14(18)15(19-4-2)10-7-5-6-8-11-15/h9,12,14,18H,3-8,10-11H2,1-2H3. The third kappa shape index (κ3) is 3.00. The van der Waals surface area contributed by atoms with Gasteiger partial charge < -0.3 is 9.84 Å². The zero-order valence-corrected chi connectivity index (χ0v) is 12.1. The molecule has 1 atom stereocenters. The summed E-state index contributed by atoms with van der Waals surface area (Å²) in [5.41, 5.74) is 0.468. The average molecular weight is 266 g/mol. The summed E-state index contributed by atoms with van der Waals surface area (Å²) >= 11 is 0. The second-order valence-corrected chi connectivity index (χ2v) is 5.39. The van der Waals surface area contributed by atoms with Crippen LogP contribution in [0.4, 0.5) is 0 Å². The summed E-state index contributed by atoms with van der Waals surface area (Å²) < 4.78 is 7.92. The molecule has 0 amide bonds. The molecule has 19 heavy (non-hydrogen) atoms. The van der Waals surface area contributed by atoms with E-state index in [4.69, 9.17) is 4.74 Å². The van der Waals surface area contributed by atoms with Crippen LogP contribution in [0.15, 0.2) is 12.3 Å². The second kappa shape index (κ2) is 6.53. The Morgan fingerprint density at radius 3 is 2.58 bits per heavy atom. The molecule has 1 fully saturated rings. The molecule has 4 heteroatoms. The highest BCUT2D eigenvalue weighted by Gasteiger charge is 2.41. The van der Waals surface area contributed by atoms with Crippen LogP contribution in [-0.4, -0.2) is 27.1 Å². The van der Waals surface area contributed by atoms with E-state index in [1.807, 2.05) is 24.6 Å². The van der Waals surface area contributed by atoms with Gasteiger partial charge in [-0.2, -0.15) is 5.10 Å². The monoisotopic (exact) mass is 266 g/mol. The predicted molar refractivity (Wildman–Crippen MR) is 74.9 cm³/mol. The summed E-state index contributed by atoms with van der Waals surface area (Å²) in [6, 6.07) is 1.92. The molecule has 0 aliphatic heterocycles. The van der Waals surface area contributed by atoms with Crippen LogP contribution < -0.4 is 0 Å². The minimum absolute atomic E-state index is 0.418. The van der Waals surface area contributed by atoms with Crippen LogP contribution in [0.2, 0.25) is 0 Å². The van der Waals surface area contributed by atoms with Gasteiger partial charge in [0.1, 0.15) is 6.10 Å². The summed E-state index contributed by atoms with van der Waals surface area (Å²) in [5.74, 6) is 0. The van der Waals surface area contributed by atoms with Crippen molar-refractivity contribution < 1.29 is 9.84 Å². The van der Waals surface area contributed by atoms with Crippen molar-refractivity contribution in [2.24, 2.45) is 0 Å². The SMILES string of the molecule is CCOC1(C(O)c2ccnn2CC)CCCCCC1. The summed E-state index contributed by atoms with van der Waals surface area (Å²) in [6.07, 6.45) is 7.83. The number of aryl methyl sites for hydroxylation is 1. The Hall–Kier alpha value is -0.870. The highest BCUT2D eigenvalue weighted by molar-refractivity contribution is 5.11. The molecule has 108 valence electrons. The normalized spacial score (nSPS) is 21.0. The number of nitrogens with zero attached hydrogens (tertiary/aromatic N) is 2. The molecular formula is C15H26N2O2. The van der Waals surface area contributed by atoms with Gasteiger partial charge in [0.25, 0.3) is 0 Å². The lowest BCUT2D eigenvalue weighted by Gasteiger charge is -2.37. The van der Waals surface area contributed by atoms with E-state index in [1.54, 1.807) is 6.20 Å². The lowest BCUT2D eigenvalue weighted by Crippen LogP contribution is -2.40. The Morgan fingerprint density at radius 2 is 2.00 bits per heavy atom. The smallest absolute Gasteiger partial charge is 0.124 e. The molecule has 1 N–H and O–H groups in total. The van der Waals surface area contributed by atoms with E-state index in [0.29, 0.717) is 6.61 Å². The Morgan fingerprint density at radius 1 is 1.32 bits per heavy atom. The lowest BCUT2D eigenvalue weighted by atomic mass is 9.86. The maximum atomic E-state index is 10.9. The van der Waals surface area contributed by atoms with Crippen LogP contribution in [-0.2, 0) is 11.3 Å². The number of hydrogen-bond acceptors (Lipinski definition) is 3. The Bertz CT molecular complexity index is 381. The molecule has 1 unspecified atom stereocenters. The van der Waals surface area contributed by atoms with Crippen molar-refractivity contribution in [3.05, 3.63) is 18.0 Å². The molecular weight excluding hydrogens is 240 g/mol. The second-order valence-electron chi connectivity index (χ2n) is 5.39. The van der Waals surface area contributed by atoms with Crippen molar-refractivity contribution in [2.75, 3.05) is 6.61 Å². The first-order valence-electron chi connectivity index (χ1n) is 7.57. The molecule has 4 nitrogen and oxygen atoms in total. The van der Waals surface area contributed by atoms with Gasteiger partial charge in [0.05, 0.1) is 11.3 Å². The third-order valence-electron chi connectivity index (χ3n) is 4.21. The summed E-state index contributed by atoms with van der Waals surface area (Å²) in [5, 5.41) is 15.1. The van der Waals surface area contributed by atoms with E-state index in [9.17, 15) is 5.11 Å². The first-order chi connectivity index (χ1) is 9.23. The van der Waals surface area contributed by atoms with Crippen molar-refractivity contribution in [3.8, 4) is 0 Å². The predicted octanol–water partition coefficient (Wildman–Crippen LogP) is 3.07. The Balaban J connectivity index is 2.26. The van der Waals surface area contributed by atoms with Crippen LogP contribution in [0.3, 0.4) is 0 Å². The van der Waals surface area contributed by atoms with Gasteiger partial charge in [-0.25, -0.2) is 0 Å². The van der Waals surface area contributed by atoms with Gasteiger partial charge in [-0.05, 0) is 32.8 Å². The fourth-order valence-electron chi connectivity index (χ4n) is 3.22. The molecule has 0 radical (unpaired) electrons. The third-order valence-corrected chi connectivity index (χ3v) is 4.21. The van der Waals surface area contributed by atoms with Gasteiger partial charge in [0.2, 0.25) is 0 Å². The number of aromatic nitrogens is 2. The molecule has 1 saturated carbocycles. The molecule has 1 aromatic heterocycles. The van der Waals surface area contributed by atoms with E-state index >= 15 is 0 Å². The fourth-order valence-corrected chi connectivity index (χ4v) is 3.22.